The molecule has 0 aliphatic rings. The fraction of sp³-hybridized carbons (Fsp3) is 0.500. The Balaban J connectivity index is 2.53. The Bertz CT molecular complexity index is 384. The molecule has 94 valence electrons. The Morgan fingerprint density at radius 1 is 1.65 bits per heavy atom. The third kappa shape index (κ3) is 4.32. The molecule has 0 saturated heterocycles. The fourth-order valence-electron chi connectivity index (χ4n) is 1.69. The maximum Gasteiger partial charge on any atom is 0.223 e. The van der Waals surface area contributed by atoms with Crippen LogP contribution < -0.4 is 5.32 Å². The zero-order valence-electron chi connectivity index (χ0n) is 10.4. The maximum atomic E-state index is 11.4. The Kier molecular flexibility index (Phi) is 5.38. The Hall–Kier alpha value is -1.13. The highest BCUT2D eigenvalue weighted by atomic mass is 35.5. The molecule has 1 unspecified atom stereocenters. The summed E-state index contributed by atoms with van der Waals surface area (Å²) in [5.74, 6) is 0.00887. The minimum Gasteiger partial charge on any atom is -0.359 e. The fourth-order valence-corrected chi connectivity index (χ4v) is 1.87. The highest BCUT2D eigenvalue weighted by molar-refractivity contribution is 6.30. The van der Waals surface area contributed by atoms with Gasteiger partial charge in [0.05, 0.1) is 0 Å². The van der Waals surface area contributed by atoms with Gasteiger partial charge in [-0.3, -0.25) is 4.79 Å². The van der Waals surface area contributed by atoms with Crippen molar-refractivity contribution in [1.29, 1.82) is 0 Å². The smallest absolute Gasteiger partial charge is 0.223 e. The van der Waals surface area contributed by atoms with Crippen molar-refractivity contribution in [3.63, 3.8) is 0 Å². The molecule has 17 heavy (non-hydrogen) atoms. The lowest BCUT2D eigenvalue weighted by Gasteiger charge is -2.20. The molecule has 1 amide bonds. The highest BCUT2D eigenvalue weighted by Gasteiger charge is 2.14. The average molecular weight is 256 g/mol. The number of hydrogen-bond donors (Lipinski definition) is 1. The summed E-state index contributed by atoms with van der Waals surface area (Å²) in [7, 11) is 3.61. The van der Waals surface area contributed by atoms with Gasteiger partial charge in [0.2, 0.25) is 5.91 Å². The van der Waals surface area contributed by atoms with Crippen molar-refractivity contribution in [3.05, 3.63) is 29.0 Å². The average Bonchev–Trinajstić information content (AvgIpc) is 2.31. The summed E-state index contributed by atoms with van der Waals surface area (Å²) in [5, 5.41) is 3.16. The Labute approximate surface area is 107 Å². The normalized spacial score (nSPS) is 12.5. The van der Waals surface area contributed by atoms with E-state index >= 15 is 0 Å². The van der Waals surface area contributed by atoms with E-state index in [1.165, 1.54) is 0 Å². The molecule has 1 aromatic heterocycles. The van der Waals surface area contributed by atoms with Crippen molar-refractivity contribution < 1.29 is 4.79 Å². The van der Waals surface area contributed by atoms with Crippen molar-refractivity contribution in [2.75, 3.05) is 20.6 Å². The summed E-state index contributed by atoms with van der Waals surface area (Å²) in [4.78, 5) is 17.5. The van der Waals surface area contributed by atoms with Crippen molar-refractivity contribution >= 4 is 17.5 Å². The summed E-state index contributed by atoms with van der Waals surface area (Å²) in [5.41, 5.74) is 0.973. The predicted molar refractivity (Wildman–Crippen MR) is 68.8 cm³/mol. The molecule has 0 aromatic carbocycles. The maximum absolute atomic E-state index is 11.4. The number of pyridine rings is 1. The quantitative estimate of drug-likeness (QED) is 0.812. The van der Waals surface area contributed by atoms with E-state index in [1.807, 2.05) is 26.1 Å². The summed E-state index contributed by atoms with van der Waals surface area (Å²) in [6.45, 7) is 3.28. The first-order valence-corrected chi connectivity index (χ1v) is 5.92. The van der Waals surface area contributed by atoms with Gasteiger partial charge in [0.15, 0.2) is 0 Å². The van der Waals surface area contributed by atoms with Crippen molar-refractivity contribution in [2.45, 2.75) is 13.5 Å². The monoisotopic (exact) mass is 255 g/mol. The second kappa shape index (κ2) is 6.57. The largest absolute Gasteiger partial charge is 0.359 e. The molecule has 1 aromatic rings. The van der Waals surface area contributed by atoms with Crippen LogP contribution in [0.1, 0.15) is 12.5 Å². The van der Waals surface area contributed by atoms with Crippen LogP contribution in [0.5, 0.6) is 0 Å². The van der Waals surface area contributed by atoms with Crippen LogP contribution in [0.2, 0.25) is 5.15 Å². The predicted octanol–water partition coefficient (Wildman–Crippen LogP) is 1.55. The van der Waals surface area contributed by atoms with E-state index in [0.29, 0.717) is 18.2 Å². The molecule has 1 N–H and O–H groups in total. The topological polar surface area (TPSA) is 45.2 Å². The molecule has 1 atom stereocenters. The molecule has 0 fully saturated rings. The van der Waals surface area contributed by atoms with E-state index in [2.05, 4.69) is 15.2 Å². The number of aromatic nitrogens is 1. The molecule has 5 heteroatoms. The number of carbonyl (C=O) groups excluding carboxylic acids is 1. The van der Waals surface area contributed by atoms with Crippen LogP contribution in [0.15, 0.2) is 18.3 Å². The second-order valence-corrected chi connectivity index (χ2v) is 4.52. The van der Waals surface area contributed by atoms with Crippen LogP contribution in [0.4, 0.5) is 0 Å². The number of amides is 1. The molecule has 0 saturated carbocycles. The Morgan fingerprint density at radius 3 is 2.94 bits per heavy atom. The molecule has 0 aliphatic heterocycles. The number of hydrogen-bond acceptors (Lipinski definition) is 3. The lowest BCUT2D eigenvalue weighted by Crippen LogP contribution is -2.34. The van der Waals surface area contributed by atoms with Crippen LogP contribution in [0, 0.1) is 5.92 Å². The molecular weight excluding hydrogens is 238 g/mol. The first-order valence-electron chi connectivity index (χ1n) is 5.54. The van der Waals surface area contributed by atoms with Gasteiger partial charge in [-0.25, -0.2) is 4.98 Å². The molecule has 0 aliphatic carbocycles. The zero-order valence-corrected chi connectivity index (χ0v) is 11.2. The molecule has 1 heterocycles. The first kappa shape index (κ1) is 13.9. The van der Waals surface area contributed by atoms with E-state index in [-0.39, 0.29) is 11.8 Å². The van der Waals surface area contributed by atoms with Gasteiger partial charge in [0.25, 0.3) is 0 Å². The number of nitrogens with one attached hydrogen (secondary N) is 1. The van der Waals surface area contributed by atoms with Gasteiger partial charge in [0.1, 0.15) is 5.15 Å². The molecule has 0 bridgehead atoms. The lowest BCUT2D eigenvalue weighted by molar-refractivity contribution is -0.124. The molecule has 1 rings (SSSR count). The van der Waals surface area contributed by atoms with Crippen LogP contribution >= 0.6 is 11.6 Å². The van der Waals surface area contributed by atoms with Crippen LogP contribution in [-0.4, -0.2) is 36.4 Å². The van der Waals surface area contributed by atoms with E-state index in [9.17, 15) is 4.79 Å². The van der Waals surface area contributed by atoms with E-state index in [4.69, 9.17) is 11.6 Å². The minimum atomic E-state index is -0.0413. The SMILES string of the molecule is CNC(=O)C(C)CN(C)Cc1cccnc1Cl. The van der Waals surface area contributed by atoms with Crippen LogP contribution in [0.3, 0.4) is 0 Å². The van der Waals surface area contributed by atoms with Crippen LogP contribution in [-0.2, 0) is 11.3 Å². The van der Waals surface area contributed by atoms with Gasteiger partial charge in [-0.15, -0.1) is 0 Å². The number of carbonyl (C=O) groups is 1. The minimum absolute atomic E-state index is 0.0413. The van der Waals surface area contributed by atoms with Gasteiger partial charge in [-0.2, -0.15) is 0 Å². The molecular formula is C12H18ClN3O. The summed E-state index contributed by atoms with van der Waals surface area (Å²) in [6.07, 6.45) is 1.67. The van der Waals surface area contributed by atoms with E-state index in [1.54, 1.807) is 13.2 Å². The van der Waals surface area contributed by atoms with Crippen molar-refractivity contribution in [2.24, 2.45) is 5.92 Å². The first-order chi connectivity index (χ1) is 8.04. The molecule has 0 spiro atoms. The van der Waals surface area contributed by atoms with Gasteiger partial charge >= 0.3 is 0 Å². The summed E-state index contributed by atoms with van der Waals surface area (Å²) >= 11 is 5.98. The number of nitrogens with zero attached hydrogens (tertiary/aromatic N) is 2. The van der Waals surface area contributed by atoms with E-state index in [0.717, 1.165) is 5.56 Å². The molecule has 4 nitrogen and oxygen atoms in total. The summed E-state index contributed by atoms with van der Waals surface area (Å²) < 4.78 is 0. The lowest BCUT2D eigenvalue weighted by atomic mass is 10.1. The van der Waals surface area contributed by atoms with Crippen molar-refractivity contribution in [3.8, 4) is 0 Å². The number of rotatable bonds is 5. The van der Waals surface area contributed by atoms with Crippen molar-refractivity contribution in [1.82, 2.24) is 15.2 Å². The van der Waals surface area contributed by atoms with E-state index < -0.39 is 0 Å². The highest BCUT2D eigenvalue weighted by Crippen LogP contribution is 2.14. The molecule has 0 radical (unpaired) electrons. The number of halogens is 1. The standard InChI is InChI=1S/C12H18ClN3O/c1-9(12(17)14-2)7-16(3)8-10-5-4-6-15-11(10)13/h4-6,9H,7-8H2,1-3H3,(H,14,17). The summed E-state index contributed by atoms with van der Waals surface area (Å²) in [6, 6.07) is 3.80. The third-order valence-electron chi connectivity index (χ3n) is 2.56. The Morgan fingerprint density at radius 2 is 2.35 bits per heavy atom. The van der Waals surface area contributed by atoms with Gasteiger partial charge < -0.3 is 10.2 Å². The van der Waals surface area contributed by atoms with Crippen LogP contribution in [0.25, 0.3) is 0 Å². The van der Waals surface area contributed by atoms with Gasteiger partial charge in [-0.05, 0) is 13.1 Å². The third-order valence-corrected chi connectivity index (χ3v) is 2.90. The van der Waals surface area contributed by atoms with Gasteiger partial charge in [0, 0.05) is 37.8 Å². The van der Waals surface area contributed by atoms with Gasteiger partial charge in [-0.1, -0.05) is 24.6 Å². The zero-order chi connectivity index (χ0) is 12.8. The second-order valence-electron chi connectivity index (χ2n) is 4.17.